The Labute approximate surface area is 108 Å². The highest BCUT2D eigenvalue weighted by atomic mass is 16.3. The zero-order valence-electron chi connectivity index (χ0n) is 10.6. The maximum absolute atomic E-state index is 10.3. The van der Waals surface area contributed by atoms with Crippen molar-refractivity contribution in [3.8, 4) is 0 Å². The Hall–Kier alpha value is -1.64. The minimum Gasteiger partial charge on any atom is -0.387 e. The highest BCUT2D eigenvalue weighted by molar-refractivity contribution is 5.83. The van der Waals surface area contributed by atoms with Crippen molar-refractivity contribution in [3.05, 3.63) is 60.7 Å². The van der Waals surface area contributed by atoms with Gasteiger partial charge in [0.15, 0.2) is 0 Å². The molecular weight excluding hydrogens is 222 g/mol. The van der Waals surface area contributed by atoms with Gasteiger partial charge in [-0.25, -0.2) is 0 Å². The van der Waals surface area contributed by atoms with Gasteiger partial charge in [-0.15, -0.1) is 6.58 Å². The van der Waals surface area contributed by atoms with E-state index in [1.54, 1.807) is 6.08 Å². The fraction of sp³-hybridized carbons (Fsp3) is 0.250. The Kier molecular flexibility index (Phi) is 4.13. The van der Waals surface area contributed by atoms with Crippen LogP contribution in [0.3, 0.4) is 0 Å². The maximum Gasteiger partial charge on any atom is 0.0940 e. The van der Waals surface area contributed by atoms with Crippen molar-refractivity contribution in [3.63, 3.8) is 0 Å². The molecular formula is C16H19NO. The van der Waals surface area contributed by atoms with Crippen LogP contribution >= 0.6 is 0 Å². The number of benzene rings is 2. The second kappa shape index (κ2) is 5.80. The second-order valence-electron chi connectivity index (χ2n) is 4.54. The van der Waals surface area contributed by atoms with E-state index in [2.05, 4.69) is 24.0 Å². The monoisotopic (exact) mass is 241 g/mol. The molecule has 0 bridgehead atoms. The largest absolute Gasteiger partial charge is 0.387 e. The predicted molar refractivity (Wildman–Crippen MR) is 76.6 cm³/mol. The smallest absolute Gasteiger partial charge is 0.0940 e. The van der Waals surface area contributed by atoms with E-state index in [0.717, 1.165) is 10.9 Å². The van der Waals surface area contributed by atoms with Crippen LogP contribution in [-0.2, 0) is 0 Å². The molecule has 0 fully saturated rings. The van der Waals surface area contributed by atoms with E-state index in [1.807, 2.05) is 37.3 Å². The number of hydrogen-bond donors (Lipinski definition) is 2. The number of nitrogens with one attached hydrogen (secondary N) is 1. The molecule has 2 aromatic carbocycles. The van der Waals surface area contributed by atoms with E-state index < -0.39 is 6.10 Å². The molecule has 2 unspecified atom stereocenters. The summed E-state index contributed by atoms with van der Waals surface area (Å²) in [4.78, 5) is 0. The molecule has 2 N–H and O–H groups in total. The average molecular weight is 241 g/mol. The molecule has 0 aromatic heterocycles. The molecule has 0 heterocycles. The van der Waals surface area contributed by atoms with E-state index in [4.69, 9.17) is 0 Å². The fourth-order valence-corrected chi connectivity index (χ4v) is 2.06. The van der Waals surface area contributed by atoms with Crippen LogP contribution in [-0.4, -0.2) is 17.7 Å². The van der Waals surface area contributed by atoms with E-state index in [1.165, 1.54) is 5.39 Å². The van der Waals surface area contributed by atoms with Crippen LogP contribution in [0.5, 0.6) is 0 Å². The molecule has 0 spiro atoms. The van der Waals surface area contributed by atoms with Gasteiger partial charge < -0.3 is 10.4 Å². The second-order valence-corrected chi connectivity index (χ2v) is 4.54. The fourth-order valence-electron chi connectivity index (χ4n) is 2.06. The van der Waals surface area contributed by atoms with Gasteiger partial charge in [-0.2, -0.15) is 0 Å². The first-order valence-corrected chi connectivity index (χ1v) is 6.23. The summed E-state index contributed by atoms with van der Waals surface area (Å²) < 4.78 is 0. The van der Waals surface area contributed by atoms with E-state index >= 15 is 0 Å². The van der Waals surface area contributed by atoms with Crippen molar-refractivity contribution in [1.82, 2.24) is 5.32 Å². The minimum absolute atomic E-state index is 0.00385. The summed E-state index contributed by atoms with van der Waals surface area (Å²) >= 11 is 0. The summed E-state index contributed by atoms with van der Waals surface area (Å²) in [5.74, 6) is 0. The first kappa shape index (κ1) is 12.8. The van der Waals surface area contributed by atoms with Crippen molar-refractivity contribution in [2.45, 2.75) is 19.1 Å². The molecule has 2 heteroatoms. The van der Waals surface area contributed by atoms with Gasteiger partial charge in [0.25, 0.3) is 0 Å². The van der Waals surface area contributed by atoms with Crippen LogP contribution in [0.1, 0.15) is 18.6 Å². The molecule has 94 valence electrons. The lowest BCUT2D eigenvalue weighted by molar-refractivity contribution is 0.138. The molecule has 0 saturated carbocycles. The van der Waals surface area contributed by atoms with Gasteiger partial charge in [-0.05, 0) is 29.3 Å². The van der Waals surface area contributed by atoms with Crippen LogP contribution in [0.4, 0.5) is 0 Å². The molecule has 0 radical (unpaired) electrons. The number of rotatable bonds is 5. The molecule has 2 nitrogen and oxygen atoms in total. The SMILES string of the molecule is C=CCNC(C)C(O)c1ccc2ccccc2c1. The Morgan fingerprint density at radius 1 is 1.22 bits per heavy atom. The summed E-state index contributed by atoms with van der Waals surface area (Å²) in [5, 5.41) is 15.8. The number of aliphatic hydroxyl groups excluding tert-OH is 1. The average Bonchev–Trinajstić information content (AvgIpc) is 2.43. The van der Waals surface area contributed by atoms with Gasteiger partial charge in [0.05, 0.1) is 6.10 Å². The van der Waals surface area contributed by atoms with Crippen LogP contribution in [0.2, 0.25) is 0 Å². The van der Waals surface area contributed by atoms with Crippen LogP contribution < -0.4 is 5.32 Å². The maximum atomic E-state index is 10.3. The Balaban J connectivity index is 2.22. The zero-order chi connectivity index (χ0) is 13.0. The highest BCUT2D eigenvalue weighted by Crippen LogP contribution is 2.22. The molecule has 0 amide bonds. The van der Waals surface area contributed by atoms with Gasteiger partial charge >= 0.3 is 0 Å². The van der Waals surface area contributed by atoms with Gasteiger partial charge in [0, 0.05) is 12.6 Å². The van der Waals surface area contributed by atoms with Crippen LogP contribution in [0.15, 0.2) is 55.1 Å². The highest BCUT2D eigenvalue weighted by Gasteiger charge is 2.15. The summed E-state index contributed by atoms with van der Waals surface area (Å²) in [6.45, 7) is 6.34. The standard InChI is InChI=1S/C16H19NO/c1-3-10-17-12(2)16(18)15-9-8-13-6-4-5-7-14(13)11-15/h3-9,11-12,16-18H,1,10H2,2H3. The molecule has 0 saturated heterocycles. The molecule has 2 aromatic rings. The topological polar surface area (TPSA) is 32.3 Å². The summed E-state index contributed by atoms with van der Waals surface area (Å²) in [6.07, 6.45) is 1.29. The molecule has 2 rings (SSSR count). The van der Waals surface area contributed by atoms with Crippen molar-refractivity contribution < 1.29 is 5.11 Å². The van der Waals surface area contributed by atoms with E-state index in [0.29, 0.717) is 6.54 Å². The third-order valence-corrected chi connectivity index (χ3v) is 3.17. The van der Waals surface area contributed by atoms with Crippen LogP contribution in [0, 0.1) is 0 Å². The lowest BCUT2D eigenvalue weighted by Gasteiger charge is -2.20. The van der Waals surface area contributed by atoms with Gasteiger partial charge in [0.2, 0.25) is 0 Å². The first-order chi connectivity index (χ1) is 8.72. The number of aliphatic hydroxyl groups is 1. The molecule has 0 aliphatic heterocycles. The lowest BCUT2D eigenvalue weighted by atomic mass is 10.00. The lowest BCUT2D eigenvalue weighted by Crippen LogP contribution is -2.32. The summed E-state index contributed by atoms with van der Waals surface area (Å²) in [7, 11) is 0. The van der Waals surface area contributed by atoms with Crippen molar-refractivity contribution in [2.75, 3.05) is 6.54 Å². The quantitative estimate of drug-likeness (QED) is 0.789. The van der Waals surface area contributed by atoms with Crippen molar-refractivity contribution in [2.24, 2.45) is 0 Å². The molecule has 0 aliphatic carbocycles. The Morgan fingerprint density at radius 2 is 1.94 bits per heavy atom. The normalized spacial score (nSPS) is 14.3. The van der Waals surface area contributed by atoms with Gasteiger partial charge in [-0.1, -0.05) is 42.5 Å². The predicted octanol–water partition coefficient (Wildman–Crippen LogP) is 3.04. The van der Waals surface area contributed by atoms with E-state index in [9.17, 15) is 5.11 Å². The molecule has 0 aliphatic rings. The van der Waals surface area contributed by atoms with E-state index in [-0.39, 0.29) is 6.04 Å². The Bertz CT molecular complexity index is 535. The summed E-state index contributed by atoms with van der Waals surface area (Å²) in [6, 6.07) is 14.3. The first-order valence-electron chi connectivity index (χ1n) is 6.23. The number of hydrogen-bond acceptors (Lipinski definition) is 2. The van der Waals surface area contributed by atoms with Gasteiger partial charge in [-0.3, -0.25) is 0 Å². The van der Waals surface area contributed by atoms with Crippen LogP contribution in [0.25, 0.3) is 10.8 Å². The molecule has 18 heavy (non-hydrogen) atoms. The Morgan fingerprint density at radius 3 is 2.67 bits per heavy atom. The van der Waals surface area contributed by atoms with Gasteiger partial charge in [0.1, 0.15) is 0 Å². The zero-order valence-corrected chi connectivity index (χ0v) is 10.6. The van der Waals surface area contributed by atoms with Crippen molar-refractivity contribution >= 4 is 10.8 Å². The third kappa shape index (κ3) is 2.78. The summed E-state index contributed by atoms with van der Waals surface area (Å²) in [5.41, 5.74) is 0.942. The molecule has 2 atom stereocenters. The minimum atomic E-state index is -0.505. The third-order valence-electron chi connectivity index (χ3n) is 3.17. The van der Waals surface area contributed by atoms with Crippen molar-refractivity contribution in [1.29, 1.82) is 0 Å². The number of fused-ring (bicyclic) bond motifs is 1.